The Labute approximate surface area is 168 Å². The molecule has 0 saturated carbocycles. The van der Waals surface area contributed by atoms with Crippen LogP contribution in [-0.4, -0.2) is 34.8 Å². The number of nitrogens with zero attached hydrogens (tertiary/aromatic N) is 2. The summed E-state index contributed by atoms with van der Waals surface area (Å²) in [6, 6.07) is 15.7. The third-order valence-corrected chi connectivity index (χ3v) is 6.05. The van der Waals surface area contributed by atoms with Gasteiger partial charge < -0.3 is 10.2 Å². The molecule has 0 spiro atoms. The van der Waals surface area contributed by atoms with Crippen LogP contribution in [0.3, 0.4) is 0 Å². The quantitative estimate of drug-likeness (QED) is 0.622. The molecule has 28 heavy (non-hydrogen) atoms. The first-order valence-corrected chi connectivity index (χ1v) is 10.5. The van der Waals surface area contributed by atoms with E-state index in [-0.39, 0.29) is 11.8 Å². The lowest BCUT2D eigenvalue weighted by atomic mass is 10.1. The van der Waals surface area contributed by atoms with E-state index in [4.69, 9.17) is 0 Å². The van der Waals surface area contributed by atoms with Crippen LogP contribution in [0.25, 0.3) is 10.2 Å². The number of likely N-dealkylation sites (tertiary alicyclic amines) is 1. The molecule has 1 fully saturated rings. The molecule has 0 unspecified atom stereocenters. The van der Waals surface area contributed by atoms with Crippen molar-refractivity contribution in [3.8, 4) is 0 Å². The monoisotopic (exact) mass is 393 g/mol. The summed E-state index contributed by atoms with van der Waals surface area (Å²) >= 11 is 1.72. The van der Waals surface area contributed by atoms with Gasteiger partial charge in [-0.2, -0.15) is 0 Å². The molecule has 0 radical (unpaired) electrons. The van der Waals surface area contributed by atoms with Crippen LogP contribution < -0.4 is 5.32 Å². The van der Waals surface area contributed by atoms with Gasteiger partial charge in [-0.3, -0.25) is 9.59 Å². The minimum atomic E-state index is -0.0619. The van der Waals surface area contributed by atoms with Gasteiger partial charge in [0.25, 0.3) is 5.91 Å². The maximum atomic E-state index is 12.3. The highest BCUT2D eigenvalue weighted by Crippen LogP contribution is 2.22. The fourth-order valence-corrected chi connectivity index (χ4v) is 4.43. The summed E-state index contributed by atoms with van der Waals surface area (Å²) in [5, 5.41) is 4.08. The SMILES string of the molecule is O=C(NCCCc1nc2ccccc2s1)c1ccc(CN2CCCC2=O)cc1. The molecule has 1 aromatic heterocycles. The largest absolute Gasteiger partial charge is 0.352 e. The normalized spacial score (nSPS) is 14.0. The van der Waals surface area contributed by atoms with E-state index < -0.39 is 0 Å². The first kappa shape index (κ1) is 18.6. The Balaban J connectivity index is 1.23. The fourth-order valence-electron chi connectivity index (χ4n) is 3.42. The number of amides is 2. The molecule has 1 N–H and O–H groups in total. The van der Waals surface area contributed by atoms with E-state index in [0.29, 0.717) is 25.1 Å². The minimum Gasteiger partial charge on any atom is -0.352 e. The summed E-state index contributed by atoms with van der Waals surface area (Å²) in [4.78, 5) is 30.5. The molecule has 3 aromatic rings. The zero-order valence-electron chi connectivity index (χ0n) is 15.7. The van der Waals surface area contributed by atoms with Gasteiger partial charge in [0.15, 0.2) is 0 Å². The Kier molecular flexibility index (Phi) is 5.67. The van der Waals surface area contributed by atoms with Crippen molar-refractivity contribution in [2.24, 2.45) is 0 Å². The molecule has 144 valence electrons. The van der Waals surface area contributed by atoms with E-state index in [1.165, 1.54) is 4.70 Å². The number of nitrogens with one attached hydrogen (secondary N) is 1. The van der Waals surface area contributed by atoms with Crippen LogP contribution in [0.1, 0.15) is 40.2 Å². The van der Waals surface area contributed by atoms with E-state index in [2.05, 4.69) is 16.4 Å². The third kappa shape index (κ3) is 4.39. The number of fused-ring (bicyclic) bond motifs is 1. The van der Waals surface area contributed by atoms with E-state index in [1.807, 2.05) is 47.4 Å². The zero-order valence-corrected chi connectivity index (χ0v) is 16.5. The lowest BCUT2D eigenvalue weighted by Crippen LogP contribution is -2.25. The Morgan fingerprint density at radius 1 is 1.14 bits per heavy atom. The predicted octanol–water partition coefficient (Wildman–Crippen LogP) is 3.78. The van der Waals surface area contributed by atoms with Crippen LogP contribution >= 0.6 is 11.3 Å². The summed E-state index contributed by atoms with van der Waals surface area (Å²) < 4.78 is 1.21. The molecule has 2 aromatic carbocycles. The molecule has 1 saturated heterocycles. The van der Waals surface area contributed by atoms with Crippen molar-refractivity contribution in [2.75, 3.05) is 13.1 Å². The minimum absolute atomic E-state index is 0.0619. The van der Waals surface area contributed by atoms with E-state index in [0.717, 1.165) is 41.9 Å². The standard InChI is InChI=1S/C22H23N3O2S/c26-21-8-4-14-25(21)15-16-9-11-17(12-10-16)22(27)23-13-3-7-20-24-18-5-1-2-6-19(18)28-20/h1-2,5-6,9-12H,3-4,7-8,13-15H2,(H,23,27). The Hall–Kier alpha value is -2.73. The van der Waals surface area contributed by atoms with Gasteiger partial charge in [0.2, 0.25) is 5.91 Å². The molecule has 0 aliphatic carbocycles. The van der Waals surface area contributed by atoms with E-state index >= 15 is 0 Å². The number of para-hydroxylation sites is 1. The van der Waals surface area contributed by atoms with Gasteiger partial charge in [0.05, 0.1) is 15.2 Å². The highest BCUT2D eigenvalue weighted by molar-refractivity contribution is 7.18. The maximum Gasteiger partial charge on any atom is 0.251 e. The topological polar surface area (TPSA) is 62.3 Å². The maximum absolute atomic E-state index is 12.3. The molecular formula is C22H23N3O2S. The molecule has 5 nitrogen and oxygen atoms in total. The molecule has 1 aliphatic rings. The van der Waals surface area contributed by atoms with Gasteiger partial charge in [-0.05, 0) is 42.7 Å². The van der Waals surface area contributed by atoms with Gasteiger partial charge in [-0.15, -0.1) is 11.3 Å². The molecule has 0 atom stereocenters. The molecule has 2 heterocycles. The average molecular weight is 394 g/mol. The van der Waals surface area contributed by atoms with Gasteiger partial charge in [0, 0.05) is 38.0 Å². The third-order valence-electron chi connectivity index (χ3n) is 4.95. The van der Waals surface area contributed by atoms with Crippen LogP contribution in [0, 0.1) is 0 Å². The lowest BCUT2D eigenvalue weighted by Gasteiger charge is -2.15. The molecule has 6 heteroatoms. The van der Waals surface area contributed by atoms with Crippen LogP contribution in [0.2, 0.25) is 0 Å². The molecule has 0 bridgehead atoms. The highest BCUT2D eigenvalue weighted by Gasteiger charge is 2.19. The van der Waals surface area contributed by atoms with Crippen LogP contribution in [0.4, 0.5) is 0 Å². The van der Waals surface area contributed by atoms with Crippen LogP contribution in [-0.2, 0) is 17.8 Å². The fraction of sp³-hybridized carbons (Fsp3) is 0.318. The first-order valence-electron chi connectivity index (χ1n) is 9.68. The smallest absolute Gasteiger partial charge is 0.251 e. The van der Waals surface area contributed by atoms with E-state index in [1.54, 1.807) is 11.3 Å². The number of aromatic nitrogens is 1. The van der Waals surface area contributed by atoms with Crippen molar-refractivity contribution in [2.45, 2.75) is 32.2 Å². The number of hydrogen-bond acceptors (Lipinski definition) is 4. The summed E-state index contributed by atoms with van der Waals surface area (Å²) in [5.41, 5.74) is 2.75. The number of carbonyl (C=O) groups is 2. The summed E-state index contributed by atoms with van der Waals surface area (Å²) in [6.45, 7) is 2.08. The highest BCUT2D eigenvalue weighted by atomic mass is 32.1. The van der Waals surface area contributed by atoms with Crippen molar-refractivity contribution in [1.29, 1.82) is 0 Å². The molecule has 2 amide bonds. The van der Waals surface area contributed by atoms with Gasteiger partial charge in [-0.1, -0.05) is 24.3 Å². The zero-order chi connectivity index (χ0) is 19.3. The second kappa shape index (κ2) is 8.52. The number of benzene rings is 2. The summed E-state index contributed by atoms with van der Waals surface area (Å²) in [5.74, 6) is 0.156. The summed E-state index contributed by atoms with van der Waals surface area (Å²) in [6.07, 6.45) is 3.32. The van der Waals surface area contributed by atoms with Gasteiger partial charge in [0.1, 0.15) is 0 Å². The second-order valence-corrected chi connectivity index (χ2v) is 8.17. The van der Waals surface area contributed by atoms with E-state index in [9.17, 15) is 9.59 Å². The Morgan fingerprint density at radius 2 is 1.96 bits per heavy atom. The molecule has 4 rings (SSSR count). The average Bonchev–Trinajstić information content (AvgIpc) is 3.31. The Morgan fingerprint density at radius 3 is 2.71 bits per heavy atom. The molecule has 1 aliphatic heterocycles. The van der Waals surface area contributed by atoms with Gasteiger partial charge >= 0.3 is 0 Å². The number of aryl methyl sites for hydroxylation is 1. The van der Waals surface area contributed by atoms with Crippen molar-refractivity contribution in [3.05, 3.63) is 64.7 Å². The predicted molar refractivity (Wildman–Crippen MR) is 111 cm³/mol. The number of rotatable bonds is 7. The van der Waals surface area contributed by atoms with Gasteiger partial charge in [-0.25, -0.2) is 4.98 Å². The number of carbonyl (C=O) groups excluding carboxylic acids is 2. The van der Waals surface area contributed by atoms with Crippen LogP contribution in [0.15, 0.2) is 48.5 Å². The number of hydrogen-bond donors (Lipinski definition) is 1. The lowest BCUT2D eigenvalue weighted by molar-refractivity contribution is -0.128. The number of thiazole rings is 1. The van der Waals surface area contributed by atoms with Crippen molar-refractivity contribution < 1.29 is 9.59 Å². The molecular weight excluding hydrogens is 370 g/mol. The second-order valence-electron chi connectivity index (χ2n) is 7.05. The van der Waals surface area contributed by atoms with Crippen molar-refractivity contribution >= 4 is 33.4 Å². The van der Waals surface area contributed by atoms with Crippen molar-refractivity contribution in [3.63, 3.8) is 0 Å². The first-order chi connectivity index (χ1) is 13.7. The Bertz CT molecular complexity index is 948. The van der Waals surface area contributed by atoms with Crippen molar-refractivity contribution in [1.82, 2.24) is 15.2 Å². The van der Waals surface area contributed by atoms with Crippen LogP contribution in [0.5, 0.6) is 0 Å². The summed E-state index contributed by atoms with van der Waals surface area (Å²) in [7, 11) is 0.